The first-order valence-electron chi connectivity index (χ1n) is 14.3. The van der Waals surface area contributed by atoms with Gasteiger partial charge >= 0.3 is 0 Å². The number of nitrogens with one attached hydrogen (secondary N) is 4. The number of halogens is 1. The maximum atomic E-state index is 13.2. The normalized spacial score (nSPS) is 10.8. The minimum atomic E-state index is -0.349. The van der Waals surface area contributed by atoms with Crippen molar-refractivity contribution in [1.29, 1.82) is 5.41 Å². The van der Waals surface area contributed by atoms with Crippen LogP contribution in [0.5, 0.6) is 5.75 Å². The smallest absolute Gasteiger partial charge is 0.251 e. The number of carbonyl (C=O) groups is 2. The lowest BCUT2D eigenvalue weighted by molar-refractivity contribution is -0.120. The van der Waals surface area contributed by atoms with Crippen LogP contribution in [0, 0.1) is 5.41 Å². The number of phenolic OH excluding ortho intramolecular Hbond substituents is 1. The summed E-state index contributed by atoms with van der Waals surface area (Å²) in [7, 11) is 0. The summed E-state index contributed by atoms with van der Waals surface area (Å²) >= 11 is 6.81. The number of benzene rings is 4. The Balaban J connectivity index is 1.61. The molecule has 228 valence electrons. The monoisotopic (exact) mass is 612 g/mol. The summed E-state index contributed by atoms with van der Waals surface area (Å²) in [6, 6.07) is 23.3. The number of nitrogen functional groups attached to an aromatic ring is 2. The van der Waals surface area contributed by atoms with Crippen molar-refractivity contribution in [3.63, 3.8) is 0 Å². The summed E-state index contributed by atoms with van der Waals surface area (Å²) in [6.45, 7) is 4.51. The van der Waals surface area contributed by atoms with Crippen molar-refractivity contribution in [1.82, 2.24) is 10.6 Å². The van der Waals surface area contributed by atoms with E-state index in [4.69, 9.17) is 28.5 Å². The van der Waals surface area contributed by atoms with Crippen LogP contribution in [0.1, 0.15) is 46.5 Å². The number of amidine groups is 1. The topological polar surface area (TPSA) is 166 Å². The van der Waals surface area contributed by atoms with Gasteiger partial charge in [0.2, 0.25) is 5.91 Å². The van der Waals surface area contributed by atoms with E-state index >= 15 is 0 Å². The number of phenols is 1. The molecule has 10 heteroatoms. The molecule has 0 spiro atoms. The minimum absolute atomic E-state index is 0.0129. The molecule has 0 bridgehead atoms. The zero-order valence-electron chi connectivity index (χ0n) is 24.7. The Hall–Kier alpha value is -5.02. The van der Waals surface area contributed by atoms with Gasteiger partial charge in [-0.25, -0.2) is 0 Å². The van der Waals surface area contributed by atoms with Gasteiger partial charge in [-0.1, -0.05) is 66.2 Å². The first kappa shape index (κ1) is 31.9. The molecule has 0 radical (unpaired) electrons. The molecule has 0 saturated carbocycles. The first-order chi connectivity index (χ1) is 21.0. The maximum absolute atomic E-state index is 13.2. The van der Waals surface area contributed by atoms with Crippen molar-refractivity contribution >= 4 is 40.6 Å². The highest BCUT2D eigenvalue weighted by Crippen LogP contribution is 2.43. The molecule has 44 heavy (non-hydrogen) atoms. The van der Waals surface area contributed by atoms with E-state index in [1.54, 1.807) is 48.5 Å². The molecule has 0 aliphatic carbocycles. The van der Waals surface area contributed by atoms with Crippen LogP contribution in [0.2, 0.25) is 5.02 Å². The predicted molar refractivity (Wildman–Crippen MR) is 177 cm³/mol. The molecule has 9 N–H and O–H groups in total. The van der Waals surface area contributed by atoms with Crippen LogP contribution in [-0.4, -0.2) is 35.3 Å². The van der Waals surface area contributed by atoms with E-state index in [2.05, 4.69) is 16.0 Å². The van der Waals surface area contributed by atoms with E-state index in [9.17, 15) is 14.7 Å². The fourth-order valence-corrected chi connectivity index (χ4v) is 5.15. The van der Waals surface area contributed by atoms with Crippen LogP contribution in [-0.2, 0) is 24.2 Å². The molecule has 9 nitrogen and oxygen atoms in total. The highest BCUT2D eigenvalue weighted by atomic mass is 35.5. The summed E-state index contributed by atoms with van der Waals surface area (Å²) in [6.07, 6.45) is 0.485. The Morgan fingerprint density at radius 3 is 2.30 bits per heavy atom. The van der Waals surface area contributed by atoms with Gasteiger partial charge < -0.3 is 32.5 Å². The van der Waals surface area contributed by atoms with Crippen LogP contribution in [0.25, 0.3) is 11.1 Å². The van der Waals surface area contributed by atoms with Gasteiger partial charge in [0.25, 0.3) is 5.91 Å². The van der Waals surface area contributed by atoms with Gasteiger partial charge in [-0.15, -0.1) is 0 Å². The fourth-order valence-electron chi connectivity index (χ4n) is 4.82. The lowest BCUT2D eigenvalue weighted by atomic mass is 9.93. The Bertz CT molecular complexity index is 1660. The van der Waals surface area contributed by atoms with Crippen molar-refractivity contribution in [2.24, 2.45) is 5.73 Å². The molecule has 4 aromatic rings. The zero-order valence-corrected chi connectivity index (χ0v) is 25.5. The Morgan fingerprint density at radius 1 is 0.932 bits per heavy atom. The molecular formula is C34H37ClN6O3. The van der Waals surface area contributed by atoms with Crippen LogP contribution in [0.15, 0.2) is 78.9 Å². The van der Waals surface area contributed by atoms with Crippen molar-refractivity contribution in [3.05, 3.63) is 112 Å². The number of anilines is 2. The molecule has 0 aliphatic heterocycles. The summed E-state index contributed by atoms with van der Waals surface area (Å²) in [5.74, 6) is -0.805. The molecule has 0 saturated heterocycles. The summed E-state index contributed by atoms with van der Waals surface area (Å²) < 4.78 is 0. The number of aromatic hydroxyl groups is 1. The molecule has 2 amide bonds. The summed E-state index contributed by atoms with van der Waals surface area (Å²) in [5, 5.41) is 28.2. The average Bonchev–Trinajstić information content (AvgIpc) is 2.98. The van der Waals surface area contributed by atoms with Crippen molar-refractivity contribution in [2.75, 3.05) is 17.6 Å². The molecular weight excluding hydrogens is 576 g/mol. The third-order valence-electron chi connectivity index (χ3n) is 6.94. The van der Waals surface area contributed by atoms with Gasteiger partial charge in [-0.3, -0.25) is 15.0 Å². The molecule has 0 aliphatic rings. The number of carbonyl (C=O) groups excluding carboxylic acids is 2. The fraction of sp³-hybridized carbons (Fsp3) is 0.206. The van der Waals surface area contributed by atoms with Crippen LogP contribution >= 0.6 is 11.6 Å². The van der Waals surface area contributed by atoms with Crippen molar-refractivity contribution < 1.29 is 14.7 Å². The average molecular weight is 613 g/mol. The van der Waals surface area contributed by atoms with Gasteiger partial charge in [0.1, 0.15) is 11.6 Å². The van der Waals surface area contributed by atoms with Gasteiger partial charge in [0.05, 0.1) is 17.1 Å². The second kappa shape index (κ2) is 14.4. The SMILES string of the molecule is CC(C)Nc1cc(Cl)c(-c2cc(N)cc(C(=O)NCCc3ccccc3)c2)c(CC(=O)NCc2ccc(C(=N)N)cc2)c1O. The van der Waals surface area contributed by atoms with Crippen LogP contribution in [0.4, 0.5) is 11.4 Å². The largest absolute Gasteiger partial charge is 0.505 e. The van der Waals surface area contributed by atoms with Crippen LogP contribution < -0.4 is 27.4 Å². The molecule has 0 atom stereocenters. The van der Waals surface area contributed by atoms with E-state index in [1.165, 1.54) is 0 Å². The van der Waals surface area contributed by atoms with Gasteiger partial charge in [-0.2, -0.15) is 0 Å². The second-order valence-electron chi connectivity index (χ2n) is 10.8. The standard InChI is InChI=1S/C34H37ClN6O3/c1-20(2)41-29-18-28(35)31(27(32(29)43)17-30(42)40-19-22-8-10-23(11-9-22)33(37)38)24-14-25(16-26(36)15-24)34(44)39-13-12-21-6-4-3-5-7-21/h3-11,14-16,18,20,41,43H,12-13,17,19,36H2,1-2H3,(H3,37,38)(H,39,44)(H,40,42). The quantitative estimate of drug-likeness (QED) is 0.0500. The molecule has 4 aromatic carbocycles. The van der Waals surface area contributed by atoms with Crippen molar-refractivity contribution in [2.45, 2.75) is 39.3 Å². The minimum Gasteiger partial charge on any atom is -0.505 e. The third kappa shape index (κ3) is 8.29. The highest BCUT2D eigenvalue weighted by molar-refractivity contribution is 6.34. The van der Waals surface area contributed by atoms with E-state index < -0.39 is 0 Å². The maximum Gasteiger partial charge on any atom is 0.251 e. The van der Waals surface area contributed by atoms with Gasteiger partial charge in [0, 0.05) is 47.1 Å². The van der Waals surface area contributed by atoms with Gasteiger partial charge in [-0.05, 0) is 61.2 Å². The van der Waals surface area contributed by atoms with Gasteiger partial charge in [0.15, 0.2) is 0 Å². The first-order valence-corrected chi connectivity index (χ1v) is 14.6. The predicted octanol–water partition coefficient (Wildman–Crippen LogP) is 5.23. The zero-order chi connectivity index (χ0) is 31.8. The van der Waals surface area contributed by atoms with Crippen LogP contribution in [0.3, 0.4) is 0 Å². The Labute approximate surface area is 262 Å². The Morgan fingerprint density at radius 2 is 1.64 bits per heavy atom. The molecule has 4 rings (SSSR count). The molecule has 0 fully saturated rings. The lowest BCUT2D eigenvalue weighted by Gasteiger charge is -2.20. The third-order valence-corrected chi connectivity index (χ3v) is 7.24. The molecule has 0 unspecified atom stereocenters. The van der Waals surface area contributed by atoms with E-state index in [1.807, 2.05) is 44.2 Å². The van der Waals surface area contributed by atoms with E-state index in [0.717, 1.165) is 11.1 Å². The second-order valence-corrected chi connectivity index (χ2v) is 11.2. The van der Waals surface area contributed by atoms with E-state index in [0.29, 0.717) is 52.2 Å². The Kier molecular flexibility index (Phi) is 10.5. The summed E-state index contributed by atoms with van der Waals surface area (Å²) in [5.41, 5.74) is 16.5. The number of rotatable bonds is 12. The number of nitrogens with two attached hydrogens (primary N) is 2. The number of hydrogen-bond donors (Lipinski definition) is 7. The molecule has 0 heterocycles. The highest BCUT2D eigenvalue weighted by Gasteiger charge is 2.22. The number of amides is 2. The van der Waals surface area contributed by atoms with Crippen molar-refractivity contribution in [3.8, 4) is 16.9 Å². The molecule has 0 aromatic heterocycles. The number of hydrogen-bond acceptors (Lipinski definition) is 6. The summed E-state index contributed by atoms with van der Waals surface area (Å²) in [4.78, 5) is 26.3. The van der Waals surface area contributed by atoms with E-state index in [-0.39, 0.29) is 47.4 Å². The lowest BCUT2D eigenvalue weighted by Crippen LogP contribution is -2.26.